The van der Waals surface area contributed by atoms with Gasteiger partial charge in [0.15, 0.2) is 5.76 Å². The van der Waals surface area contributed by atoms with Gasteiger partial charge in [-0.05, 0) is 31.9 Å². The summed E-state index contributed by atoms with van der Waals surface area (Å²) in [5, 5.41) is 10.3. The molecule has 8 heteroatoms. The molecule has 0 radical (unpaired) electrons. The van der Waals surface area contributed by atoms with Gasteiger partial charge in [-0.1, -0.05) is 10.3 Å². The Morgan fingerprint density at radius 3 is 3.00 bits per heavy atom. The normalized spacial score (nSPS) is 18.0. The van der Waals surface area contributed by atoms with E-state index in [0.29, 0.717) is 30.2 Å². The van der Waals surface area contributed by atoms with Crippen molar-refractivity contribution in [2.24, 2.45) is 0 Å². The Balaban J connectivity index is 1.55. The van der Waals surface area contributed by atoms with Crippen molar-refractivity contribution in [2.45, 2.75) is 32.2 Å². The Morgan fingerprint density at radius 1 is 1.43 bits per heavy atom. The standard InChI is InChI=1S/C15H18N4O4/c1-10-12(18-23-17-10)8-14(20)16-11-4-2-6-19(9-11)15(21)13-5-3-7-22-13/h3,5,7,11H,2,4,6,8-9H2,1H3,(H,16,20)/t11-/m0/s1. The van der Waals surface area contributed by atoms with Crippen LogP contribution in [-0.2, 0) is 11.2 Å². The Kier molecular flexibility index (Phi) is 4.40. The summed E-state index contributed by atoms with van der Waals surface area (Å²) >= 11 is 0. The molecular weight excluding hydrogens is 300 g/mol. The fourth-order valence-electron chi connectivity index (χ4n) is 2.68. The summed E-state index contributed by atoms with van der Waals surface area (Å²) in [4.78, 5) is 26.1. The highest BCUT2D eigenvalue weighted by Gasteiger charge is 2.27. The molecule has 0 unspecified atom stereocenters. The SMILES string of the molecule is Cc1nonc1CC(=O)N[C@H]1CCCN(C(=O)c2ccco2)C1. The number of piperidine rings is 1. The predicted molar refractivity (Wildman–Crippen MR) is 78.5 cm³/mol. The fraction of sp³-hybridized carbons (Fsp3) is 0.467. The lowest BCUT2D eigenvalue weighted by Crippen LogP contribution is -2.49. The van der Waals surface area contributed by atoms with Crippen molar-refractivity contribution >= 4 is 11.8 Å². The summed E-state index contributed by atoms with van der Waals surface area (Å²) < 4.78 is 9.73. The van der Waals surface area contributed by atoms with E-state index in [1.54, 1.807) is 24.0 Å². The molecule has 0 bridgehead atoms. The minimum Gasteiger partial charge on any atom is -0.459 e. The Bertz CT molecular complexity index is 679. The molecule has 0 saturated carbocycles. The summed E-state index contributed by atoms with van der Waals surface area (Å²) in [6.07, 6.45) is 3.27. The van der Waals surface area contributed by atoms with E-state index in [2.05, 4.69) is 20.3 Å². The van der Waals surface area contributed by atoms with E-state index in [9.17, 15) is 9.59 Å². The first-order valence-corrected chi connectivity index (χ1v) is 7.53. The lowest BCUT2D eigenvalue weighted by atomic mass is 10.0. The number of aromatic nitrogens is 2. The van der Waals surface area contributed by atoms with Gasteiger partial charge in [-0.25, -0.2) is 4.63 Å². The van der Waals surface area contributed by atoms with E-state index < -0.39 is 0 Å². The average molecular weight is 318 g/mol. The molecule has 1 fully saturated rings. The Morgan fingerprint density at radius 2 is 2.30 bits per heavy atom. The van der Waals surface area contributed by atoms with E-state index in [0.717, 1.165) is 12.8 Å². The predicted octanol–water partition coefficient (Wildman–Crippen LogP) is 0.935. The molecule has 3 heterocycles. The first-order chi connectivity index (χ1) is 11.1. The van der Waals surface area contributed by atoms with E-state index in [1.165, 1.54) is 6.26 Å². The maximum absolute atomic E-state index is 12.3. The van der Waals surface area contributed by atoms with Crippen LogP contribution in [-0.4, -0.2) is 46.2 Å². The molecule has 1 aliphatic rings. The fourth-order valence-corrected chi connectivity index (χ4v) is 2.68. The van der Waals surface area contributed by atoms with Crippen molar-refractivity contribution in [3.63, 3.8) is 0 Å². The zero-order valence-corrected chi connectivity index (χ0v) is 12.8. The minimum atomic E-state index is -0.152. The van der Waals surface area contributed by atoms with Crippen LogP contribution >= 0.6 is 0 Å². The zero-order chi connectivity index (χ0) is 16.2. The third-order valence-electron chi connectivity index (χ3n) is 3.88. The van der Waals surface area contributed by atoms with Gasteiger partial charge in [-0.15, -0.1) is 0 Å². The van der Waals surface area contributed by atoms with E-state index in [-0.39, 0.29) is 24.3 Å². The maximum atomic E-state index is 12.3. The third-order valence-corrected chi connectivity index (χ3v) is 3.88. The molecule has 1 N–H and O–H groups in total. The number of carbonyl (C=O) groups excluding carboxylic acids is 2. The third kappa shape index (κ3) is 3.58. The molecule has 8 nitrogen and oxygen atoms in total. The lowest BCUT2D eigenvalue weighted by molar-refractivity contribution is -0.121. The number of hydrogen-bond acceptors (Lipinski definition) is 6. The van der Waals surface area contributed by atoms with Crippen LogP contribution in [0.4, 0.5) is 0 Å². The molecule has 2 amide bonds. The largest absolute Gasteiger partial charge is 0.459 e. The summed E-state index contributed by atoms with van der Waals surface area (Å²) in [5.74, 6) is 0.0212. The summed E-state index contributed by atoms with van der Waals surface area (Å²) in [6.45, 7) is 2.88. The van der Waals surface area contributed by atoms with E-state index in [4.69, 9.17) is 4.42 Å². The zero-order valence-electron chi connectivity index (χ0n) is 12.8. The van der Waals surface area contributed by atoms with Crippen molar-refractivity contribution in [1.29, 1.82) is 0 Å². The van der Waals surface area contributed by atoms with Gasteiger partial charge in [0.05, 0.1) is 12.7 Å². The van der Waals surface area contributed by atoms with Gasteiger partial charge in [0.25, 0.3) is 5.91 Å². The van der Waals surface area contributed by atoms with Crippen molar-refractivity contribution < 1.29 is 18.6 Å². The minimum absolute atomic E-state index is 0.0738. The van der Waals surface area contributed by atoms with Crippen LogP contribution in [0.25, 0.3) is 0 Å². The molecule has 0 aliphatic carbocycles. The monoisotopic (exact) mass is 318 g/mol. The van der Waals surface area contributed by atoms with Gasteiger partial charge in [0, 0.05) is 19.1 Å². The van der Waals surface area contributed by atoms with Crippen molar-refractivity contribution in [1.82, 2.24) is 20.5 Å². The van der Waals surface area contributed by atoms with Gasteiger partial charge in [-0.2, -0.15) is 0 Å². The topological polar surface area (TPSA) is 101 Å². The summed E-state index contributed by atoms with van der Waals surface area (Å²) in [6, 6.07) is 3.26. The smallest absolute Gasteiger partial charge is 0.289 e. The van der Waals surface area contributed by atoms with E-state index in [1.807, 2.05) is 0 Å². The molecular formula is C15H18N4O4. The second-order valence-corrected chi connectivity index (χ2v) is 5.61. The molecule has 1 saturated heterocycles. The van der Waals surface area contributed by atoms with Crippen LogP contribution in [0.5, 0.6) is 0 Å². The highest BCUT2D eigenvalue weighted by atomic mass is 16.6. The van der Waals surface area contributed by atoms with Crippen LogP contribution in [0.1, 0.15) is 34.8 Å². The highest BCUT2D eigenvalue weighted by Crippen LogP contribution is 2.14. The number of aryl methyl sites for hydroxylation is 1. The molecule has 23 heavy (non-hydrogen) atoms. The molecule has 2 aromatic heterocycles. The number of rotatable bonds is 4. The quantitative estimate of drug-likeness (QED) is 0.900. The van der Waals surface area contributed by atoms with Gasteiger partial charge in [-0.3, -0.25) is 9.59 Å². The van der Waals surface area contributed by atoms with Gasteiger partial charge >= 0.3 is 0 Å². The van der Waals surface area contributed by atoms with Crippen LogP contribution in [0.3, 0.4) is 0 Å². The van der Waals surface area contributed by atoms with Gasteiger partial charge in [0.1, 0.15) is 11.4 Å². The first-order valence-electron chi connectivity index (χ1n) is 7.53. The second-order valence-electron chi connectivity index (χ2n) is 5.61. The molecule has 1 aliphatic heterocycles. The summed E-state index contributed by atoms with van der Waals surface area (Å²) in [5.41, 5.74) is 1.14. The van der Waals surface area contributed by atoms with Crippen molar-refractivity contribution in [2.75, 3.05) is 13.1 Å². The van der Waals surface area contributed by atoms with Crippen LogP contribution in [0.15, 0.2) is 27.4 Å². The van der Waals surface area contributed by atoms with Crippen LogP contribution in [0, 0.1) is 6.92 Å². The summed E-state index contributed by atoms with van der Waals surface area (Å²) in [7, 11) is 0. The molecule has 122 valence electrons. The van der Waals surface area contributed by atoms with Gasteiger partial charge in [0.2, 0.25) is 5.91 Å². The van der Waals surface area contributed by atoms with Crippen LogP contribution in [0.2, 0.25) is 0 Å². The molecule has 3 rings (SSSR count). The van der Waals surface area contributed by atoms with Gasteiger partial charge < -0.3 is 14.6 Å². The molecule has 2 aromatic rings. The average Bonchev–Trinajstić information content (AvgIpc) is 3.19. The van der Waals surface area contributed by atoms with Crippen molar-refractivity contribution in [3.05, 3.63) is 35.5 Å². The Labute approximate surface area is 132 Å². The second kappa shape index (κ2) is 6.64. The number of furan rings is 1. The number of nitrogens with one attached hydrogen (secondary N) is 1. The lowest BCUT2D eigenvalue weighted by Gasteiger charge is -2.32. The first kappa shape index (κ1) is 15.3. The number of amides is 2. The van der Waals surface area contributed by atoms with E-state index >= 15 is 0 Å². The number of nitrogens with zero attached hydrogens (tertiary/aromatic N) is 3. The molecule has 0 aromatic carbocycles. The Hall–Kier alpha value is -2.64. The number of hydrogen-bond donors (Lipinski definition) is 1. The number of carbonyl (C=O) groups is 2. The number of likely N-dealkylation sites (tertiary alicyclic amines) is 1. The maximum Gasteiger partial charge on any atom is 0.289 e. The van der Waals surface area contributed by atoms with Crippen LogP contribution < -0.4 is 5.32 Å². The molecule has 0 spiro atoms. The highest BCUT2D eigenvalue weighted by molar-refractivity contribution is 5.91. The van der Waals surface area contributed by atoms with Crippen molar-refractivity contribution in [3.8, 4) is 0 Å². The molecule has 1 atom stereocenters.